The quantitative estimate of drug-likeness (QED) is 0.122. The number of unbranched alkanes of at least 4 members (excludes halogenated alkanes) is 4. The molecule has 0 saturated heterocycles. The fourth-order valence-electron chi connectivity index (χ4n) is 6.86. The predicted octanol–water partition coefficient (Wildman–Crippen LogP) is 12.5. The van der Waals surface area contributed by atoms with Crippen LogP contribution < -0.4 is 9.47 Å². The first-order valence-electron chi connectivity index (χ1n) is 18.2. The number of rotatable bonds is 12. The second-order valence-electron chi connectivity index (χ2n) is 13.3. The van der Waals surface area contributed by atoms with Crippen LogP contribution in [0.3, 0.4) is 0 Å². The van der Waals surface area contributed by atoms with Gasteiger partial charge in [-0.1, -0.05) is 63.8 Å². The summed E-state index contributed by atoms with van der Waals surface area (Å²) in [5, 5.41) is 0. The van der Waals surface area contributed by atoms with Crippen molar-refractivity contribution < 1.29 is 9.47 Å². The van der Waals surface area contributed by atoms with E-state index in [4.69, 9.17) is 19.4 Å². The van der Waals surface area contributed by atoms with Gasteiger partial charge in [0.2, 0.25) is 0 Å². The predicted molar refractivity (Wildman–Crippen MR) is 217 cm³/mol. The maximum absolute atomic E-state index is 6.45. The highest BCUT2D eigenvalue weighted by atomic mass is 79.9. The molecule has 5 aromatic rings. The third kappa shape index (κ3) is 7.31. The number of nitrogens with one attached hydrogen (secondary N) is 2. The Hall–Kier alpha value is -4.88. The van der Waals surface area contributed by atoms with Crippen molar-refractivity contribution in [1.29, 1.82) is 0 Å². The van der Waals surface area contributed by atoms with Gasteiger partial charge in [-0.15, -0.1) is 0 Å². The van der Waals surface area contributed by atoms with Crippen LogP contribution in [0.4, 0.5) is 0 Å². The van der Waals surface area contributed by atoms with E-state index >= 15 is 0 Å². The molecule has 0 unspecified atom stereocenters. The lowest BCUT2D eigenvalue weighted by atomic mass is 9.97. The van der Waals surface area contributed by atoms with E-state index < -0.39 is 0 Å². The van der Waals surface area contributed by atoms with E-state index in [0.717, 1.165) is 133 Å². The number of hydrogen-bond donors (Lipinski definition) is 2. The zero-order valence-corrected chi connectivity index (χ0v) is 31.5. The zero-order chi connectivity index (χ0) is 35.3. The van der Waals surface area contributed by atoms with Crippen LogP contribution in [0, 0.1) is 13.8 Å². The molecular formula is C44H45BrN4O2. The Labute approximate surface area is 308 Å². The number of aromatic amines is 2. The number of aryl methyl sites for hydroxylation is 2. The third-order valence-corrected chi connectivity index (χ3v) is 10.3. The first kappa shape index (κ1) is 34.6. The molecule has 0 atom stereocenters. The Morgan fingerprint density at radius 2 is 1.12 bits per heavy atom. The zero-order valence-electron chi connectivity index (χ0n) is 29.9. The first-order chi connectivity index (χ1) is 24.9. The van der Waals surface area contributed by atoms with Crippen molar-refractivity contribution >= 4 is 62.3 Å². The van der Waals surface area contributed by atoms with Crippen LogP contribution in [0.2, 0.25) is 0 Å². The molecule has 8 bridgehead atoms. The van der Waals surface area contributed by atoms with E-state index in [2.05, 4.69) is 145 Å². The summed E-state index contributed by atoms with van der Waals surface area (Å²) in [4.78, 5) is 17.9. The van der Waals surface area contributed by atoms with Gasteiger partial charge in [0.25, 0.3) is 0 Å². The molecule has 6 nitrogen and oxygen atoms in total. The summed E-state index contributed by atoms with van der Waals surface area (Å²) in [6, 6.07) is 23.1. The molecule has 0 saturated carbocycles. The number of fused-ring (bicyclic) bond motifs is 8. The summed E-state index contributed by atoms with van der Waals surface area (Å²) in [7, 11) is 0. The van der Waals surface area contributed by atoms with Crippen molar-refractivity contribution in [1.82, 2.24) is 19.9 Å². The van der Waals surface area contributed by atoms with E-state index in [0.29, 0.717) is 13.2 Å². The van der Waals surface area contributed by atoms with Crippen LogP contribution >= 0.6 is 15.9 Å². The van der Waals surface area contributed by atoms with E-state index in [9.17, 15) is 0 Å². The maximum atomic E-state index is 6.45. The van der Waals surface area contributed by atoms with Crippen LogP contribution in [0.15, 0.2) is 71.2 Å². The maximum Gasteiger partial charge on any atom is 0.127 e. The molecule has 51 heavy (non-hydrogen) atoms. The molecule has 2 N–H and O–H groups in total. The van der Waals surface area contributed by atoms with Crippen molar-refractivity contribution in [2.24, 2.45) is 0 Å². The van der Waals surface area contributed by atoms with Gasteiger partial charge in [-0.25, -0.2) is 9.97 Å². The van der Waals surface area contributed by atoms with Gasteiger partial charge in [0.05, 0.1) is 46.0 Å². The standard InChI is InChI=1S/C44H45BrN4O2/c1-5-7-9-25-50-38-15-11-13-28(3)40(38)42-32-19-17-30(46-32)27-31-18-20-33(47-31)43(41-29(4)14-12-16-39(41)51-26-10-8-6-2)35-22-24-37(49-35)44(45)36-23-21-34(42)48-36/h11-24,27,46,49H,5-10,25-26H2,1-4H3. The van der Waals surface area contributed by atoms with Gasteiger partial charge < -0.3 is 19.4 Å². The lowest BCUT2D eigenvalue weighted by molar-refractivity contribution is 0.307. The molecular weight excluding hydrogens is 696 g/mol. The molecule has 5 heterocycles. The summed E-state index contributed by atoms with van der Waals surface area (Å²) in [6.45, 7) is 10.1. The monoisotopic (exact) mass is 740 g/mol. The SMILES string of the molecule is CCCCCOc1cccc(C)c1-c1c2nc(c(Br)c3ccc([nH]3)c(-c3c(C)cccc3OCCCCC)c3nc(cc4ccc1[nH]4)C=C3)C=C2. The van der Waals surface area contributed by atoms with Crippen molar-refractivity contribution in [3.8, 4) is 33.8 Å². The minimum absolute atomic E-state index is 0.675. The highest BCUT2D eigenvalue weighted by Gasteiger charge is 2.20. The second kappa shape index (κ2) is 15.6. The molecule has 0 spiro atoms. The highest BCUT2D eigenvalue weighted by Crippen LogP contribution is 2.41. The summed E-state index contributed by atoms with van der Waals surface area (Å²) in [5.74, 6) is 1.74. The summed E-state index contributed by atoms with van der Waals surface area (Å²) < 4.78 is 13.8. The van der Waals surface area contributed by atoms with Crippen molar-refractivity contribution in [3.05, 3.63) is 105 Å². The molecule has 7 rings (SSSR count). The van der Waals surface area contributed by atoms with Crippen LogP contribution in [0.5, 0.6) is 11.5 Å². The summed E-state index contributed by atoms with van der Waals surface area (Å²) in [6.07, 6.45) is 15.0. The number of aromatic nitrogens is 4. The van der Waals surface area contributed by atoms with Crippen LogP contribution in [0.25, 0.3) is 68.6 Å². The normalized spacial score (nSPS) is 12.1. The lowest BCUT2D eigenvalue weighted by Gasteiger charge is -2.15. The van der Waals surface area contributed by atoms with E-state index in [1.165, 1.54) is 0 Å². The van der Waals surface area contributed by atoms with Crippen molar-refractivity contribution in [2.75, 3.05) is 13.2 Å². The Bertz CT molecular complexity index is 2240. The number of nitrogens with zero attached hydrogens (tertiary/aromatic N) is 2. The molecule has 2 aliphatic rings. The number of H-pyrrole nitrogens is 2. The number of benzene rings is 2. The van der Waals surface area contributed by atoms with Gasteiger partial charge in [0, 0.05) is 38.8 Å². The van der Waals surface area contributed by atoms with Gasteiger partial charge in [0.1, 0.15) is 11.5 Å². The van der Waals surface area contributed by atoms with Gasteiger partial charge in [0.15, 0.2) is 0 Å². The third-order valence-electron chi connectivity index (χ3n) is 9.49. The van der Waals surface area contributed by atoms with Gasteiger partial charge in [-0.2, -0.15) is 0 Å². The van der Waals surface area contributed by atoms with Crippen LogP contribution in [-0.2, 0) is 0 Å². The average Bonchev–Trinajstić information content (AvgIpc) is 3.96. The summed E-state index contributed by atoms with van der Waals surface area (Å²) >= 11 is 3.93. The Morgan fingerprint density at radius 3 is 1.76 bits per heavy atom. The van der Waals surface area contributed by atoms with Crippen LogP contribution in [-0.4, -0.2) is 33.1 Å². The minimum atomic E-state index is 0.675. The molecule has 2 aliphatic heterocycles. The van der Waals surface area contributed by atoms with Gasteiger partial charge in [-0.05, 0) is 121 Å². The fraction of sp³-hybridized carbons (Fsp3) is 0.273. The highest BCUT2D eigenvalue weighted by molar-refractivity contribution is 9.10. The number of hydrogen-bond acceptors (Lipinski definition) is 4. The smallest absolute Gasteiger partial charge is 0.127 e. The molecule has 3 aromatic heterocycles. The second-order valence-corrected chi connectivity index (χ2v) is 14.1. The Kier molecular flexibility index (Phi) is 10.5. The molecule has 7 heteroatoms. The lowest BCUT2D eigenvalue weighted by Crippen LogP contribution is -2.00. The largest absolute Gasteiger partial charge is 0.493 e. The Balaban J connectivity index is 1.48. The number of ether oxygens (including phenoxy) is 2. The van der Waals surface area contributed by atoms with E-state index in [-0.39, 0.29) is 0 Å². The van der Waals surface area contributed by atoms with E-state index in [1.54, 1.807) is 0 Å². The van der Waals surface area contributed by atoms with Crippen LogP contribution in [0.1, 0.15) is 86.3 Å². The number of halogens is 1. The molecule has 0 aliphatic carbocycles. The first-order valence-corrected chi connectivity index (χ1v) is 19.0. The molecule has 0 radical (unpaired) electrons. The van der Waals surface area contributed by atoms with Gasteiger partial charge >= 0.3 is 0 Å². The fourth-order valence-corrected chi connectivity index (χ4v) is 7.31. The van der Waals surface area contributed by atoms with Crippen molar-refractivity contribution in [3.63, 3.8) is 0 Å². The molecule has 2 aromatic carbocycles. The van der Waals surface area contributed by atoms with E-state index in [1.807, 2.05) is 0 Å². The molecule has 0 amide bonds. The molecule has 260 valence electrons. The molecule has 0 fully saturated rings. The Morgan fingerprint density at radius 1 is 0.569 bits per heavy atom. The minimum Gasteiger partial charge on any atom is -0.493 e. The average molecular weight is 742 g/mol. The summed E-state index contributed by atoms with van der Waals surface area (Å²) in [5.41, 5.74) is 13.6. The topological polar surface area (TPSA) is 75.8 Å². The van der Waals surface area contributed by atoms with Gasteiger partial charge in [-0.3, -0.25) is 0 Å². The van der Waals surface area contributed by atoms with Crippen molar-refractivity contribution in [2.45, 2.75) is 66.2 Å².